The molecule has 2 aromatic heterocycles. The fraction of sp³-hybridized carbons (Fsp3) is 0.318. The standard InChI is InChI=1S/C22H25N3O3S/c1-3-4-5-9-23-16-13-20(29-14-16)18-8-10-24-21(25-18)12-15-6-7-17(22(26)27)19(11-15)28-2/h6-8,10-11,13-14,23H,3-5,9,12H2,1-2H3,(H,26,27). The van der Waals surface area contributed by atoms with Gasteiger partial charge in [0.05, 0.1) is 17.7 Å². The summed E-state index contributed by atoms with van der Waals surface area (Å²) in [5, 5.41) is 14.8. The molecule has 152 valence electrons. The molecule has 0 fully saturated rings. The molecule has 3 aromatic rings. The predicted molar refractivity (Wildman–Crippen MR) is 116 cm³/mol. The first-order valence-corrected chi connectivity index (χ1v) is 10.5. The Hall–Kier alpha value is -2.93. The van der Waals surface area contributed by atoms with E-state index in [1.54, 1.807) is 35.7 Å². The predicted octanol–water partition coefficient (Wildman–Crippen LogP) is 5.10. The third-order valence-electron chi connectivity index (χ3n) is 4.53. The molecule has 0 spiro atoms. The molecule has 7 heteroatoms. The molecule has 0 saturated heterocycles. The zero-order chi connectivity index (χ0) is 20.6. The lowest BCUT2D eigenvalue weighted by Crippen LogP contribution is -2.02. The van der Waals surface area contributed by atoms with E-state index in [4.69, 9.17) is 4.74 Å². The van der Waals surface area contributed by atoms with Crippen molar-refractivity contribution in [2.45, 2.75) is 32.6 Å². The first kappa shape index (κ1) is 20.8. The van der Waals surface area contributed by atoms with Crippen LogP contribution in [-0.2, 0) is 6.42 Å². The molecule has 29 heavy (non-hydrogen) atoms. The molecule has 0 unspecified atom stereocenters. The number of hydrogen-bond donors (Lipinski definition) is 2. The molecular weight excluding hydrogens is 386 g/mol. The first-order chi connectivity index (χ1) is 14.1. The van der Waals surface area contributed by atoms with Crippen molar-refractivity contribution in [1.29, 1.82) is 0 Å². The Kier molecular flexibility index (Phi) is 7.19. The van der Waals surface area contributed by atoms with Gasteiger partial charge in [0.1, 0.15) is 17.1 Å². The van der Waals surface area contributed by atoms with Crippen LogP contribution in [0.3, 0.4) is 0 Å². The van der Waals surface area contributed by atoms with Crippen molar-refractivity contribution >= 4 is 23.0 Å². The number of nitrogens with zero attached hydrogens (tertiary/aromatic N) is 2. The number of thiophene rings is 1. The van der Waals surface area contributed by atoms with Crippen LogP contribution in [0, 0.1) is 0 Å². The van der Waals surface area contributed by atoms with Crippen molar-refractivity contribution in [2.24, 2.45) is 0 Å². The lowest BCUT2D eigenvalue weighted by molar-refractivity contribution is 0.0693. The van der Waals surface area contributed by atoms with E-state index in [-0.39, 0.29) is 5.56 Å². The molecule has 0 aliphatic rings. The van der Waals surface area contributed by atoms with Crippen LogP contribution >= 0.6 is 11.3 Å². The summed E-state index contributed by atoms with van der Waals surface area (Å²) in [6, 6.07) is 9.07. The Morgan fingerprint density at radius 1 is 1.24 bits per heavy atom. The van der Waals surface area contributed by atoms with E-state index in [0.717, 1.165) is 28.4 Å². The number of carbonyl (C=O) groups is 1. The van der Waals surface area contributed by atoms with Crippen molar-refractivity contribution in [3.8, 4) is 16.3 Å². The Morgan fingerprint density at radius 3 is 2.86 bits per heavy atom. The van der Waals surface area contributed by atoms with Crippen molar-refractivity contribution in [2.75, 3.05) is 19.0 Å². The first-order valence-electron chi connectivity index (χ1n) is 9.65. The number of unbranched alkanes of at least 4 members (excludes halogenated alkanes) is 2. The normalized spacial score (nSPS) is 10.7. The van der Waals surface area contributed by atoms with Gasteiger partial charge in [-0.25, -0.2) is 14.8 Å². The van der Waals surface area contributed by atoms with E-state index in [2.05, 4.69) is 33.7 Å². The number of aromatic carboxylic acids is 1. The fourth-order valence-corrected chi connectivity index (χ4v) is 3.83. The van der Waals surface area contributed by atoms with Crippen LogP contribution in [0.5, 0.6) is 5.75 Å². The number of methoxy groups -OCH3 is 1. The fourth-order valence-electron chi connectivity index (χ4n) is 3.00. The average Bonchev–Trinajstić information content (AvgIpc) is 3.20. The number of ether oxygens (including phenoxy) is 1. The van der Waals surface area contributed by atoms with Gasteiger partial charge in [-0.1, -0.05) is 25.8 Å². The van der Waals surface area contributed by atoms with Gasteiger partial charge in [0, 0.05) is 30.2 Å². The van der Waals surface area contributed by atoms with E-state index in [1.165, 1.54) is 26.4 Å². The molecule has 2 N–H and O–H groups in total. The van der Waals surface area contributed by atoms with E-state index in [0.29, 0.717) is 18.0 Å². The second-order valence-corrected chi connectivity index (χ2v) is 7.62. The van der Waals surface area contributed by atoms with E-state index >= 15 is 0 Å². The highest BCUT2D eigenvalue weighted by molar-refractivity contribution is 7.14. The number of rotatable bonds is 10. The van der Waals surface area contributed by atoms with Gasteiger partial charge >= 0.3 is 5.97 Å². The van der Waals surface area contributed by atoms with Gasteiger partial charge in [-0.2, -0.15) is 0 Å². The number of anilines is 1. The Bertz CT molecular complexity index is 971. The number of hydrogen-bond acceptors (Lipinski definition) is 6. The molecule has 0 atom stereocenters. The molecule has 0 bridgehead atoms. The van der Waals surface area contributed by atoms with Crippen LogP contribution in [0.25, 0.3) is 10.6 Å². The van der Waals surface area contributed by atoms with Gasteiger partial charge in [0.15, 0.2) is 0 Å². The molecule has 0 aliphatic carbocycles. The van der Waals surface area contributed by atoms with Crippen molar-refractivity contribution in [3.63, 3.8) is 0 Å². The van der Waals surface area contributed by atoms with Gasteiger partial charge in [0.2, 0.25) is 0 Å². The van der Waals surface area contributed by atoms with Crippen molar-refractivity contribution in [1.82, 2.24) is 9.97 Å². The van der Waals surface area contributed by atoms with Gasteiger partial charge < -0.3 is 15.2 Å². The summed E-state index contributed by atoms with van der Waals surface area (Å²) in [5.74, 6) is 0.00475. The van der Waals surface area contributed by atoms with Crippen LogP contribution in [0.4, 0.5) is 5.69 Å². The lowest BCUT2D eigenvalue weighted by atomic mass is 10.1. The van der Waals surface area contributed by atoms with Gasteiger partial charge in [0.25, 0.3) is 0 Å². The highest BCUT2D eigenvalue weighted by atomic mass is 32.1. The smallest absolute Gasteiger partial charge is 0.339 e. The quantitative estimate of drug-likeness (QED) is 0.451. The number of benzene rings is 1. The monoisotopic (exact) mass is 411 g/mol. The Labute approximate surface area is 174 Å². The molecule has 0 saturated carbocycles. The minimum atomic E-state index is -1.01. The summed E-state index contributed by atoms with van der Waals surface area (Å²) < 4.78 is 5.20. The Morgan fingerprint density at radius 2 is 2.10 bits per heavy atom. The maximum atomic E-state index is 11.2. The second kappa shape index (κ2) is 10.0. The van der Waals surface area contributed by atoms with Crippen LogP contribution in [-0.4, -0.2) is 34.7 Å². The van der Waals surface area contributed by atoms with Gasteiger partial charge in [-0.05, 0) is 36.2 Å². The summed E-state index contributed by atoms with van der Waals surface area (Å²) in [5.41, 5.74) is 3.04. The third-order valence-corrected chi connectivity index (χ3v) is 5.48. The van der Waals surface area contributed by atoms with E-state index < -0.39 is 5.97 Å². The molecule has 2 heterocycles. The van der Waals surface area contributed by atoms with Crippen LogP contribution in [0.15, 0.2) is 41.9 Å². The summed E-state index contributed by atoms with van der Waals surface area (Å²) in [6.07, 6.45) is 5.87. The molecule has 3 rings (SSSR count). The number of nitrogens with one attached hydrogen (secondary N) is 1. The summed E-state index contributed by atoms with van der Waals surface area (Å²) in [7, 11) is 1.47. The van der Waals surface area contributed by atoms with Gasteiger partial charge in [-0.3, -0.25) is 0 Å². The Balaban J connectivity index is 1.72. The third kappa shape index (κ3) is 5.54. The SMILES string of the molecule is CCCCCNc1csc(-c2ccnc(Cc3ccc(C(=O)O)c(OC)c3)n2)c1. The largest absolute Gasteiger partial charge is 0.496 e. The molecular formula is C22H25N3O3S. The van der Waals surface area contributed by atoms with Crippen molar-refractivity contribution in [3.05, 3.63) is 58.9 Å². The van der Waals surface area contributed by atoms with Crippen LogP contribution in [0.1, 0.15) is 47.9 Å². The molecule has 0 aliphatic heterocycles. The van der Waals surface area contributed by atoms with E-state index in [1.807, 2.05) is 6.07 Å². The van der Waals surface area contributed by atoms with Gasteiger partial charge in [-0.15, -0.1) is 11.3 Å². The zero-order valence-electron chi connectivity index (χ0n) is 16.6. The van der Waals surface area contributed by atoms with Crippen molar-refractivity contribution < 1.29 is 14.6 Å². The molecule has 1 aromatic carbocycles. The summed E-state index contributed by atoms with van der Waals surface area (Å²) in [4.78, 5) is 21.4. The van der Waals surface area contributed by atoms with E-state index in [9.17, 15) is 9.90 Å². The lowest BCUT2D eigenvalue weighted by Gasteiger charge is -2.08. The average molecular weight is 412 g/mol. The minimum Gasteiger partial charge on any atom is -0.496 e. The maximum absolute atomic E-state index is 11.2. The maximum Gasteiger partial charge on any atom is 0.339 e. The number of aromatic nitrogens is 2. The molecule has 6 nitrogen and oxygen atoms in total. The molecule has 0 amide bonds. The highest BCUT2D eigenvalue weighted by Crippen LogP contribution is 2.29. The topological polar surface area (TPSA) is 84.3 Å². The van der Waals surface area contributed by atoms with Crippen LogP contribution in [0.2, 0.25) is 0 Å². The number of carboxylic acid groups (broad SMARTS) is 1. The number of carboxylic acids is 1. The summed E-state index contributed by atoms with van der Waals surface area (Å²) in [6.45, 7) is 3.18. The van der Waals surface area contributed by atoms with Crippen LogP contribution < -0.4 is 10.1 Å². The summed E-state index contributed by atoms with van der Waals surface area (Å²) >= 11 is 1.65. The molecule has 0 radical (unpaired) electrons. The second-order valence-electron chi connectivity index (χ2n) is 6.71. The minimum absolute atomic E-state index is 0.142. The zero-order valence-corrected chi connectivity index (χ0v) is 17.5. The highest BCUT2D eigenvalue weighted by Gasteiger charge is 2.12.